The van der Waals surface area contributed by atoms with Gasteiger partial charge in [0.25, 0.3) is 5.91 Å². The third-order valence-corrected chi connectivity index (χ3v) is 3.99. The lowest BCUT2D eigenvalue weighted by atomic mass is 10.2. The first-order chi connectivity index (χ1) is 11.8. The SMILES string of the molecule is O=C(NCc1ccco1)c1cccc(-n2ccc3ccccc32)c1. The first-order valence-corrected chi connectivity index (χ1v) is 7.78. The summed E-state index contributed by atoms with van der Waals surface area (Å²) in [7, 11) is 0. The number of fused-ring (bicyclic) bond motifs is 1. The Bertz CT molecular complexity index is 984. The van der Waals surface area contributed by atoms with Gasteiger partial charge in [-0.15, -0.1) is 0 Å². The average molecular weight is 316 g/mol. The van der Waals surface area contributed by atoms with Crippen LogP contribution in [0.3, 0.4) is 0 Å². The number of aromatic nitrogens is 1. The summed E-state index contributed by atoms with van der Waals surface area (Å²) in [6.45, 7) is 0.377. The fraction of sp³-hybridized carbons (Fsp3) is 0.0500. The second-order valence-corrected chi connectivity index (χ2v) is 5.56. The van der Waals surface area contributed by atoms with E-state index in [1.54, 1.807) is 12.3 Å². The molecule has 4 heteroatoms. The number of furan rings is 1. The lowest BCUT2D eigenvalue weighted by Gasteiger charge is -2.08. The Kier molecular flexibility index (Phi) is 3.63. The van der Waals surface area contributed by atoms with Gasteiger partial charge in [0.15, 0.2) is 0 Å². The summed E-state index contributed by atoms with van der Waals surface area (Å²) >= 11 is 0. The molecule has 0 saturated carbocycles. The molecule has 2 aromatic carbocycles. The first kappa shape index (κ1) is 14.3. The van der Waals surface area contributed by atoms with E-state index in [0.29, 0.717) is 12.1 Å². The number of hydrogen-bond donors (Lipinski definition) is 1. The van der Waals surface area contributed by atoms with Crippen molar-refractivity contribution in [3.63, 3.8) is 0 Å². The van der Waals surface area contributed by atoms with Gasteiger partial charge in [-0.1, -0.05) is 24.3 Å². The Hall–Kier alpha value is -3.27. The number of rotatable bonds is 4. The zero-order valence-corrected chi connectivity index (χ0v) is 13.0. The molecular formula is C20H16N2O2. The van der Waals surface area contributed by atoms with E-state index >= 15 is 0 Å². The van der Waals surface area contributed by atoms with Crippen LogP contribution in [0.1, 0.15) is 16.1 Å². The summed E-state index contributed by atoms with van der Waals surface area (Å²) in [4.78, 5) is 12.4. The molecule has 0 unspecified atom stereocenters. The Morgan fingerprint density at radius 2 is 1.92 bits per heavy atom. The molecule has 0 fully saturated rings. The Morgan fingerprint density at radius 1 is 1.00 bits per heavy atom. The zero-order chi connectivity index (χ0) is 16.4. The molecule has 0 spiro atoms. The Morgan fingerprint density at radius 3 is 2.79 bits per heavy atom. The highest BCUT2D eigenvalue weighted by Crippen LogP contribution is 2.20. The van der Waals surface area contributed by atoms with E-state index in [2.05, 4.69) is 28.1 Å². The molecule has 4 nitrogen and oxygen atoms in total. The molecule has 0 aliphatic rings. The number of benzene rings is 2. The normalized spacial score (nSPS) is 10.8. The molecule has 0 radical (unpaired) electrons. The van der Waals surface area contributed by atoms with Gasteiger partial charge in [0, 0.05) is 17.4 Å². The molecule has 0 saturated heterocycles. The zero-order valence-electron chi connectivity index (χ0n) is 13.0. The van der Waals surface area contributed by atoms with Crippen molar-refractivity contribution < 1.29 is 9.21 Å². The first-order valence-electron chi connectivity index (χ1n) is 7.78. The third-order valence-electron chi connectivity index (χ3n) is 3.99. The monoisotopic (exact) mass is 316 g/mol. The quantitative estimate of drug-likeness (QED) is 0.615. The number of nitrogens with zero attached hydrogens (tertiary/aromatic N) is 1. The van der Waals surface area contributed by atoms with Crippen molar-refractivity contribution in [1.82, 2.24) is 9.88 Å². The summed E-state index contributed by atoms with van der Waals surface area (Å²) in [5.74, 6) is 0.612. The van der Waals surface area contributed by atoms with Crippen LogP contribution in [-0.2, 0) is 6.54 Å². The second kappa shape index (κ2) is 6.08. The van der Waals surface area contributed by atoms with Gasteiger partial charge in [0.2, 0.25) is 0 Å². The molecule has 0 aliphatic carbocycles. The Balaban J connectivity index is 1.60. The summed E-state index contributed by atoms with van der Waals surface area (Å²) in [6.07, 6.45) is 3.61. The van der Waals surface area contributed by atoms with E-state index in [1.807, 2.05) is 48.7 Å². The standard InChI is InChI=1S/C20H16N2O2/c23-20(21-14-18-8-4-12-24-18)16-6-3-7-17(13-16)22-11-10-15-5-1-2-9-19(15)22/h1-13H,14H2,(H,21,23). The number of hydrogen-bond acceptors (Lipinski definition) is 2. The van der Waals surface area contributed by atoms with Gasteiger partial charge in [-0.25, -0.2) is 0 Å². The largest absolute Gasteiger partial charge is 0.467 e. The molecule has 4 aromatic rings. The van der Waals surface area contributed by atoms with Gasteiger partial charge < -0.3 is 14.3 Å². The van der Waals surface area contributed by atoms with Crippen LogP contribution in [0.15, 0.2) is 83.6 Å². The number of para-hydroxylation sites is 1. The highest BCUT2D eigenvalue weighted by atomic mass is 16.3. The summed E-state index contributed by atoms with van der Waals surface area (Å²) < 4.78 is 7.31. The summed E-state index contributed by atoms with van der Waals surface area (Å²) in [5.41, 5.74) is 2.70. The van der Waals surface area contributed by atoms with Crippen molar-refractivity contribution in [2.75, 3.05) is 0 Å². The molecule has 1 amide bonds. The molecule has 0 bridgehead atoms. The molecule has 24 heavy (non-hydrogen) atoms. The summed E-state index contributed by atoms with van der Waals surface area (Å²) in [6, 6.07) is 21.5. The van der Waals surface area contributed by atoms with E-state index in [9.17, 15) is 4.79 Å². The number of carbonyl (C=O) groups excluding carboxylic acids is 1. The van der Waals surface area contributed by atoms with Crippen LogP contribution >= 0.6 is 0 Å². The van der Waals surface area contributed by atoms with Crippen molar-refractivity contribution in [3.8, 4) is 5.69 Å². The van der Waals surface area contributed by atoms with Crippen molar-refractivity contribution in [2.24, 2.45) is 0 Å². The molecule has 0 aliphatic heterocycles. The van der Waals surface area contributed by atoms with Gasteiger partial charge in [-0.3, -0.25) is 4.79 Å². The topological polar surface area (TPSA) is 47.2 Å². The maximum atomic E-state index is 12.4. The predicted octanol–water partition coefficient (Wildman–Crippen LogP) is 4.15. The highest BCUT2D eigenvalue weighted by Gasteiger charge is 2.09. The molecule has 118 valence electrons. The second-order valence-electron chi connectivity index (χ2n) is 5.56. The van der Waals surface area contributed by atoms with Gasteiger partial charge in [0.05, 0.1) is 18.3 Å². The number of nitrogens with one attached hydrogen (secondary N) is 1. The minimum Gasteiger partial charge on any atom is -0.467 e. The smallest absolute Gasteiger partial charge is 0.251 e. The van der Waals surface area contributed by atoms with Crippen molar-refractivity contribution in [1.29, 1.82) is 0 Å². The van der Waals surface area contributed by atoms with Gasteiger partial charge in [-0.05, 0) is 47.9 Å². The summed E-state index contributed by atoms with van der Waals surface area (Å²) in [5, 5.41) is 4.04. The van der Waals surface area contributed by atoms with Gasteiger partial charge >= 0.3 is 0 Å². The van der Waals surface area contributed by atoms with Crippen LogP contribution in [0.4, 0.5) is 0 Å². The molecule has 4 rings (SSSR count). The number of carbonyl (C=O) groups is 1. The van der Waals surface area contributed by atoms with Crippen LogP contribution in [0, 0.1) is 0 Å². The minimum atomic E-state index is -0.121. The van der Waals surface area contributed by atoms with Gasteiger partial charge in [-0.2, -0.15) is 0 Å². The third kappa shape index (κ3) is 2.70. The van der Waals surface area contributed by atoms with Crippen molar-refractivity contribution in [2.45, 2.75) is 6.54 Å². The Labute approximate surface area is 139 Å². The van der Waals surface area contributed by atoms with Crippen LogP contribution in [0.25, 0.3) is 16.6 Å². The minimum absolute atomic E-state index is 0.121. The van der Waals surface area contributed by atoms with E-state index < -0.39 is 0 Å². The average Bonchev–Trinajstić information content (AvgIpc) is 3.29. The molecule has 1 N–H and O–H groups in total. The maximum Gasteiger partial charge on any atom is 0.251 e. The van der Waals surface area contributed by atoms with Crippen LogP contribution < -0.4 is 5.32 Å². The fourth-order valence-electron chi connectivity index (χ4n) is 2.79. The number of amides is 1. The van der Waals surface area contributed by atoms with Crippen LogP contribution in [0.5, 0.6) is 0 Å². The van der Waals surface area contributed by atoms with E-state index in [4.69, 9.17) is 4.42 Å². The highest BCUT2D eigenvalue weighted by molar-refractivity contribution is 5.95. The van der Waals surface area contributed by atoms with Crippen LogP contribution in [0.2, 0.25) is 0 Å². The molecule has 2 heterocycles. The van der Waals surface area contributed by atoms with E-state index in [-0.39, 0.29) is 5.91 Å². The molecular weight excluding hydrogens is 300 g/mol. The maximum absolute atomic E-state index is 12.4. The van der Waals surface area contributed by atoms with Crippen LogP contribution in [-0.4, -0.2) is 10.5 Å². The molecule has 2 aromatic heterocycles. The van der Waals surface area contributed by atoms with Gasteiger partial charge in [0.1, 0.15) is 5.76 Å². The van der Waals surface area contributed by atoms with E-state index in [1.165, 1.54) is 5.39 Å². The lowest BCUT2D eigenvalue weighted by molar-refractivity contribution is 0.0948. The fourth-order valence-corrected chi connectivity index (χ4v) is 2.79. The predicted molar refractivity (Wildman–Crippen MR) is 93.2 cm³/mol. The molecule has 0 atom stereocenters. The van der Waals surface area contributed by atoms with E-state index in [0.717, 1.165) is 17.0 Å². The van der Waals surface area contributed by atoms with Crippen molar-refractivity contribution >= 4 is 16.8 Å². The van der Waals surface area contributed by atoms with Crippen molar-refractivity contribution in [3.05, 3.63) is 90.5 Å². The lowest BCUT2D eigenvalue weighted by Crippen LogP contribution is -2.22.